The van der Waals surface area contributed by atoms with Gasteiger partial charge >= 0.3 is 0 Å². The van der Waals surface area contributed by atoms with Crippen LogP contribution >= 0.6 is 0 Å². The van der Waals surface area contributed by atoms with Gasteiger partial charge < -0.3 is 4.57 Å². The Morgan fingerprint density at radius 3 is 2.45 bits per heavy atom. The van der Waals surface area contributed by atoms with Crippen LogP contribution in [0.4, 0.5) is 4.39 Å². The molecule has 0 radical (unpaired) electrons. The van der Waals surface area contributed by atoms with Crippen LogP contribution in [0.3, 0.4) is 0 Å². The fourth-order valence-corrected chi connectivity index (χ4v) is 5.90. The highest BCUT2D eigenvalue weighted by molar-refractivity contribution is 7.86. The Kier molecular flexibility index (Phi) is 4.86. The minimum atomic E-state index is -3.69. The third-order valence-corrected chi connectivity index (χ3v) is 7.50. The molecule has 160 valence electrons. The summed E-state index contributed by atoms with van der Waals surface area (Å²) in [7, 11) is -3.69. The van der Waals surface area contributed by atoms with Crippen molar-refractivity contribution in [3.05, 3.63) is 33.6 Å². The second-order valence-corrected chi connectivity index (χ2v) is 10.5. The first-order valence-electron chi connectivity index (χ1n) is 10.1. The van der Waals surface area contributed by atoms with E-state index in [0.29, 0.717) is 25.1 Å². The second kappa shape index (κ2) is 6.88. The van der Waals surface area contributed by atoms with Crippen LogP contribution in [-0.2, 0) is 16.8 Å². The van der Waals surface area contributed by atoms with Crippen LogP contribution < -0.4 is 10.7 Å². The summed E-state index contributed by atoms with van der Waals surface area (Å²) in [5.74, 6) is -0.249. The van der Waals surface area contributed by atoms with Crippen molar-refractivity contribution in [2.24, 2.45) is 17.0 Å². The first-order valence-corrected chi connectivity index (χ1v) is 11.6. The summed E-state index contributed by atoms with van der Waals surface area (Å²) in [6.45, 7) is 8.47. The average Bonchev–Trinajstić information content (AvgIpc) is 3.29. The fraction of sp³-hybridized carbons (Fsp3) is 0.684. The molecule has 10 heteroatoms. The Bertz CT molecular complexity index is 1120. The molecule has 2 aromatic heterocycles. The number of rotatable bonds is 5. The quantitative estimate of drug-likeness (QED) is 0.789. The van der Waals surface area contributed by atoms with E-state index in [1.165, 1.54) is 8.82 Å². The van der Waals surface area contributed by atoms with Gasteiger partial charge in [0.2, 0.25) is 0 Å². The van der Waals surface area contributed by atoms with E-state index < -0.39 is 16.0 Å². The van der Waals surface area contributed by atoms with Crippen molar-refractivity contribution >= 4 is 15.9 Å². The number of hydrogen-bond donors (Lipinski definition) is 1. The summed E-state index contributed by atoms with van der Waals surface area (Å²) in [5, 5.41) is 9.60. The molecule has 0 unspecified atom stereocenters. The number of fused-ring (bicyclic) bond motifs is 3. The first kappa shape index (κ1) is 20.5. The zero-order valence-corrected chi connectivity index (χ0v) is 18.0. The molecule has 1 saturated carbocycles. The van der Waals surface area contributed by atoms with Crippen molar-refractivity contribution in [2.75, 3.05) is 6.54 Å². The van der Waals surface area contributed by atoms with Gasteiger partial charge in [-0.3, -0.25) is 4.79 Å². The molecule has 4 rings (SSSR count). The molecule has 2 fully saturated rings. The van der Waals surface area contributed by atoms with Gasteiger partial charge in [-0.05, 0) is 30.6 Å². The van der Waals surface area contributed by atoms with Crippen LogP contribution in [0.5, 0.6) is 0 Å². The lowest BCUT2D eigenvalue weighted by Crippen LogP contribution is -2.44. The number of hydrogen-bond acceptors (Lipinski definition) is 4. The van der Waals surface area contributed by atoms with E-state index in [9.17, 15) is 13.2 Å². The summed E-state index contributed by atoms with van der Waals surface area (Å²) >= 11 is 0. The highest BCUT2D eigenvalue weighted by atomic mass is 32.2. The number of halogens is 1. The molecule has 0 spiro atoms. The molecule has 3 heterocycles. The molecule has 8 nitrogen and oxygen atoms in total. The summed E-state index contributed by atoms with van der Waals surface area (Å²) in [5.41, 5.74) is 0.772. The topological polar surface area (TPSA) is 103 Å². The molecule has 3 atom stereocenters. The predicted molar refractivity (Wildman–Crippen MR) is 107 cm³/mol. The van der Waals surface area contributed by atoms with Crippen LogP contribution in [0.1, 0.15) is 63.6 Å². The molecule has 2 bridgehead atoms. The van der Waals surface area contributed by atoms with E-state index in [1.807, 2.05) is 27.7 Å². The SMILES string of the molecule is CC(C)c1nn2c(=O)c(C(C)C)cn(C[C@H]3C[C@H]4C[C@@H]3CN4S(N)(=O)=O)c2c1F. The Balaban J connectivity index is 1.75. The lowest BCUT2D eigenvalue weighted by atomic mass is 9.95. The smallest absolute Gasteiger partial charge is 0.277 e. The molecule has 1 aliphatic carbocycles. The lowest BCUT2D eigenvalue weighted by Gasteiger charge is -2.30. The van der Waals surface area contributed by atoms with E-state index in [0.717, 1.165) is 6.42 Å². The molecule has 1 saturated heterocycles. The number of aromatic nitrogens is 3. The average molecular weight is 426 g/mol. The van der Waals surface area contributed by atoms with Crippen molar-refractivity contribution < 1.29 is 12.8 Å². The van der Waals surface area contributed by atoms with E-state index in [4.69, 9.17) is 5.14 Å². The van der Waals surface area contributed by atoms with E-state index >= 15 is 4.39 Å². The second-order valence-electron chi connectivity index (χ2n) is 9.05. The molecule has 0 amide bonds. The van der Waals surface area contributed by atoms with Crippen LogP contribution in [0.25, 0.3) is 5.65 Å². The maximum atomic E-state index is 15.2. The van der Waals surface area contributed by atoms with Gasteiger partial charge in [0.15, 0.2) is 11.5 Å². The van der Waals surface area contributed by atoms with Crippen molar-refractivity contribution in [3.8, 4) is 0 Å². The van der Waals surface area contributed by atoms with Crippen LogP contribution in [0, 0.1) is 17.7 Å². The first-order chi connectivity index (χ1) is 13.5. The summed E-state index contributed by atoms with van der Waals surface area (Å²) in [6, 6.07) is -0.0963. The third-order valence-electron chi connectivity index (χ3n) is 6.40. The van der Waals surface area contributed by atoms with Crippen molar-refractivity contribution in [3.63, 3.8) is 0 Å². The molecule has 29 heavy (non-hydrogen) atoms. The normalized spacial score (nSPS) is 25.2. The summed E-state index contributed by atoms with van der Waals surface area (Å²) in [4.78, 5) is 12.9. The van der Waals surface area contributed by atoms with Gasteiger partial charge in [-0.1, -0.05) is 27.7 Å². The zero-order chi connectivity index (χ0) is 21.2. The van der Waals surface area contributed by atoms with Crippen LogP contribution in [0.2, 0.25) is 0 Å². The van der Waals surface area contributed by atoms with E-state index in [-0.39, 0.29) is 46.6 Å². The van der Waals surface area contributed by atoms with Gasteiger partial charge in [0.1, 0.15) is 5.69 Å². The highest BCUT2D eigenvalue weighted by Crippen LogP contribution is 2.43. The Morgan fingerprint density at radius 2 is 1.93 bits per heavy atom. The molecule has 1 aliphatic heterocycles. The fourth-order valence-electron chi connectivity index (χ4n) is 4.91. The molecule has 2 aliphatic rings. The maximum Gasteiger partial charge on any atom is 0.277 e. The third kappa shape index (κ3) is 3.30. The van der Waals surface area contributed by atoms with Gasteiger partial charge in [0.05, 0.1) is 0 Å². The molecular formula is C19H28FN5O3S. The van der Waals surface area contributed by atoms with Crippen molar-refractivity contribution in [2.45, 2.75) is 65.0 Å². The van der Waals surface area contributed by atoms with Crippen molar-refractivity contribution in [1.82, 2.24) is 18.5 Å². The Morgan fingerprint density at radius 1 is 1.24 bits per heavy atom. The van der Waals surface area contributed by atoms with E-state index in [2.05, 4.69) is 5.10 Å². The minimum Gasteiger partial charge on any atom is -0.330 e. The maximum absolute atomic E-state index is 15.2. The van der Waals surface area contributed by atoms with Gasteiger partial charge in [0.25, 0.3) is 15.8 Å². The standard InChI is InChI=1S/C19H28FN5O3S/c1-10(2)15-9-23(18-16(20)17(11(3)4)22-25(18)19(15)26)7-12-5-14-6-13(12)8-24(14)29(21,27)28/h9-14H,5-8H2,1-4H3,(H2,21,27,28)/t12-,13-,14+/m1/s1. The summed E-state index contributed by atoms with van der Waals surface area (Å²) in [6.07, 6.45) is 3.21. The molecular weight excluding hydrogens is 397 g/mol. The lowest BCUT2D eigenvalue weighted by molar-refractivity contribution is 0.242. The number of nitrogens with two attached hydrogens (primary N) is 1. The van der Waals surface area contributed by atoms with Gasteiger partial charge in [-0.2, -0.15) is 22.3 Å². The predicted octanol–water partition coefficient (Wildman–Crippen LogP) is 1.80. The van der Waals surface area contributed by atoms with Crippen molar-refractivity contribution in [1.29, 1.82) is 0 Å². The summed E-state index contributed by atoms with van der Waals surface area (Å²) < 4.78 is 43.0. The number of nitrogens with zero attached hydrogens (tertiary/aromatic N) is 4. The monoisotopic (exact) mass is 425 g/mol. The molecule has 2 N–H and O–H groups in total. The highest BCUT2D eigenvalue weighted by Gasteiger charge is 2.48. The Hall–Kier alpha value is -1.78. The minimum absolute atomic E-state index is 0.0224. The molecule has 2 aromatic rings. The van der Waals surface area contributed by atoms with E-state index in [1.54, 1.807) is 10.8 Å². The van der Waals surface area contributed by atoms with Gasteiger partial charge in [0, 0.05) is 36.8 Å². The number of piperidine rings is 1. The van der Waals surface area contributed by atoms with Crippen LogP contribution in [-0.4, -0.2) is 39.5 Å². The van der Waals surface area contributed by atoms with Crippen LogP contribution in [0.15, 0.2) is 11.0 Å². The van der Waals surface area contributed by atoms with Gasteiger partial charge in [-0.15, -0.1) is 0 Å². The molecule has 0 aromatic carbocycles. The Labute approximate surface area is 169 Å². The zero-order valence-electron chi connectivity index (χ0n) is 17.2. The largest absolute Gasteiger partial charge is 0.330 e. The van der Waals surface area contributed by atoms with Gasteiger partial charge in [-0.25, -0.2) is 9.53 Å².